The fourth-order valence-electron chi connectivity index (χ4n) is 2.79. The van der Waals surface area contributed by atoms with Crippen LogP contribution >= 0.6 is 34.5 Å². The molecule has 0 spiro atoms. The van der Waals surface area contributed by atoms with Gasteiger partial charge in [-0.1, -0.05) is 29.3 Å². The molecule has 0 bridgehead atoms. The molecule has 19 heavy (non-hydrogen) atoms. The Morgan fingerprint density at radius 3 is 2.47 bits per heavy atom. The van der Waals surface area contributed by atoms with Gasteiger partial charge in [0.1, 0.15) is 0 Å². The highest BCUT2D eigenvalue weighted by molar-refractivity contribution is 7.14. The Balaban J connectivity index is 2.01. The van der Waals surface area contributed by atoms with Crippen molar-refractivity contribution < 1.29 is 0 Å². The molecule has 1 saturated carbocycles. The molecule has 1 aromatic heterocycles. The first kappa shape index (κ1) is 13.3. The van der Waals surface area contributed by atoms with Gasteiger partial charge in [0.25, 0.3) is 0 Å². The molecule has 3 rings (SSSR count). The third-order valence-corrected chi connectivity index (χ3v) is 5.80. The minimum atomic E-state index is 0.0824. The topological polar surface area (TPSA) is 3.24 Å². The summed E-state index contributed by atoms with van der Waals surface area (Å²) in [6.07, 6.45) is 3.59. The summed E-state index contributed by atoms with van der Waals surface area (Å²) in [5.41, 5.74) is 1.35. The minimum absolute atomic E-state index is 0.0824. The summed E-state index contributed by atoms with van der Waals surface area (Å²) >= 11 is 14.0. The van der Waals surface area contributed by atoms with Crippen LogP contribution in [0.4, 0.5) is 5.00 Å². The Labute approximate surface area is 127 Å². The summed E-state index contributed by atoms with van der Waals surface area (Å²) in [5.74, 6) is 0. The van der Waals surface area contributed by atoms with Gasteiger partial charge in [-0.2, -0.15) is 0 Å². The van der Waals surface area contributed by atoms with Crippen LogP contribution in [0.5, 0.6) is 0 Å². The SMILES string of the molecule is CN(c1cccs1)C1(c2ccc(Cl)c(Cl)c2)CCC1. The standard InChI is InChI=1S/C15H15Cl2NS/c1-18(14-4-2-9-19-14)15(7-3-8-15)11-5-6-12(16)13(17)10-11/h2,4-6,9-10H,3,7-8H2,1H3. The molecule has 1 nitrogen and oxygen atoms in total. The second-order valence-corrected chi connectivity index (χ2v) is 6.76. The molecule has 0 saturated heterocycles. The molecule has 1 aliphatic rings. The lowest BCUT2D eigenvalue weighted by Gasteiger charge is -2.50. The molecule has 0 radical (unpaired) electrons. The summed E-state index contributed by atoms with van der Waals surface area (Å²) in [5, 5.41) is 4.68. The van der Waals surface area contributed by atoms with Gasteiger partial charge < -0.3 is 4.90 Å². The summed E-state index contributed by atoms with van der Waals surface area (Å²) < 4.78 is 0. The predicted octanol–water partition coefficient (Wildman–Crippen LogP) is 5.57. The van der Waals surface area contributed by atoms with Crippen LogP contribution in [0.15, 0.2) is 35.7 Å². The number of hydrogen-bond donors (Lipinski definition) is 0. The first-order chi connectivity index (χ1) is 9.13. The Morgan fingerprint density at radius 1 is 1.16 bits per heavy atom. The summed E-state index contributed by atoms with van der Waals surface area (Å²) in [6.45, 7) is 0. The number of hydrogen-bond acceptors (Lipinski definition) is 2. The Bertz CT molecular complexity index is 576. The molecule has 2 aromatic rings. The van der Waals surface area contributed by atoms with Gasteiger partial charge in [0, 0.05) is 7.05 Å². The van der Waals surface area contributed by atoms with Crippen LogP contribution in [0.25, 0.3) is 0 Å². The van der Waals surface area contributed by atoms with Gasteiger partial charge in [-0.05, 0) is 54.5 Å². The van der Waals surface area contributed by atoms with E-state index < -0.39 is 0 Å². The van der Waals surface area contributed by atoms with E-state index in [1.807, 2.05) is 12.1 Å². The first-order valence-electron chi connectivity index (χ1n) is 6.36. The van der Waals surface area contributed by atoms with Crippen LogP contribution in [-0.4, -0.2) is 7.05 Å². The van der Waals surface area contributed by atoms with Gasteiger partial charge in [-0.3, -0.25) is 0 Å². The number of anilines is 1. The zero-order chi connectivity index (χ0) is 13.5. The van der Waals surface area contributed by atoms with E-state index in [0.29, 0.717) is 10.0 Å². The minimum Gasteiger partial charge on any atom is -0.357 e. The molecule has 1 fully saturated rings. The van der Waals surface area contributed by atoms with Crippen molar-refractivity contribution in [1.29, 1.82) is 0 Å². The fraction of sp³-hybridized carbons (Fsp3) is 0.333. The average Bonchev–Trinajstić information content (AvgIpc) is 2.85. The van der Waals surface area contributed by atoms with Crippen LogP contribution in [0.2, 0.25) is 10.0 Å². The summed E-state index contributed by atoms with van der Waals surface area (Å²) in [4.78, 5) is 2.39. The largest absolute Gasteiger partial charge is 0.357 e. The number of nitrogens with zero attached hydrogens (tertiary/aromatic N) is 1. The van der Waals surface area contributed by atoms with E-state index >= 15 is 0 Å². The third kappa shape index (κ3) is 2.16. The molecule has 0 aliphatic heterocycles. The van der Waals surface area contributed by atoms with E-state index in [1.165, 1.54) is 29.8 Å². The maximum absolute atomic E-state index is 6.18. The Morgan fingerprint density at radius 2 is 1.95 bits per heavy atom. The second-order valence-electron chi connectivity index (χ2n) is 5.02. The second kappa shape index (κ2) is 5.01. The van der Waals surface area contributed by atoms with E-state index in [1.54, 1.807) is 11.3 Å². The highest BCUT2D eigenvalue weighted by atomic mass is 35.5. The highest BCUT2D eigenvalue weighted by Crippen LogP contribution is 2.49. The van der Waals surface area contributed by atoms with Crippen LogP contribution in [0.1, 0.15) is 24.8 Å². The predicted molar refractivity (Wildman–Crippen MR) is 84.7 cm³/mol. The van der Waals surface area contributed by atoms with Gasteiger partial charge in [0.2, 0.25) is 0 Å². The van der Waals surface area contributed by atoms with Crippen molar-refractivity contribution in [3.8, 4) is 0 Å². The van der Waals surface area contributed by atoms with Crippen molar-refractivity contribution in [2.45, 2.75) is 24.8 Å². The van der Waals surface area contributed by atoms with Crippen molar-refractivity contribution in [2.24, 2.45) is 0 Å². The normalized spacial score (nSPS) is 17.0. The van der Waals surface area contributed by atoms with Gasteiger partial charge >= 0.3 is 0 Å². The maximum atomic E-state index is 6.18. The van der Waals surface area contributed by atoms with E-state index in [-0.39, 0.29) is 5.54 Å². The first-order valence-corrected chi connectivity index (χ1v) is 8.00. The van der Waals surface area contributed by atoms with E-state index in [9.17, 15) is 0 Å². The monoisotopic (exact) mass is 311 g/mol. The van der Waals surface area contributed by atoms with Crippen molar-refractivity contribution in [3.63, 3.8) is 0 Å². The van der Waals surface area contributed by atoms with Gasteiger partial charge in [0.15, 0.2) is 0 Å². The number of benzene rings is 1. The van der Waals surface area contributed by atoms with E-state index in [4.69, 9.17) is 23.2 Å². The number of halogens is 2. The molecule has 100 valence electrons. The molecule has 4 heteroatoms. The summed E-state index contributed by atoms with van der Waals surface area (Å²) in [6, 6.07) is 10.3. The van der Waals surface area contributed by atoms with Gasteiger partial charge in [-0.25, -0.2) is 0 Å². The zero-order valence-electron chi connectivity index (χ0n) is 10.7. The lowest BCUT2D eigenvalue weighted by atomic mass is 9.71. The molecule has 1 heterocycles. The fourth-order valence-corrected chi connectivity index (χ4v) is 3.87. The molecule has 0 atom stereocenters. The molecule has 0 unspecified atom stereocenters. The van der Waals surface area contributed by atoms with E-state index in [0.717, 1.165) is 0 Å². The molecule has 1 aromatic carbocycles. The number of thiophene rings is 1. The van der Waals surface area contributed by atoms with Crippen LogP contribution in [0, 0.1) is 0 Å². The zero-order valence-corrected chi connectivity index (χ0v) is 13.0. The van der Waals surface area contributed by atoms with Crippen molar-refractivity contribution in [2.75, 3.05) is 11.9 Å². The van der Waals surface area contributed by atoms with Gasteiger partial charge in [-0.15, -0.1) is 11.3 Å². The van der Waals surface area contributed by atoms with Crippen LogP contribution in [0.3, 0.4) is 0 Å². The molecule has 0 amide bonds. The maximum Gasteiger partial charge on any atom is 0.0913 e. The van der Waals surface area contributed by atoms with Crippen molar-refractivity contribution >= 4 is 39.5 Å². The quantitative estimate of drug-likeness (QED) is 0.716. The van der Waals surface area contributed by atoms with Crippen LogP contribution < -0.4 is 4.90 Å². The molecule has 1 aliphatic carbocycles. The Kier molecular flexibility index (Phi) is 3.50. The van der Waals surface area contributed by atoms with E-state index in [2.05, 4.69) is 35.5 Å². The average molecular weight is 312 g/mol. The van der Waals surface area contributed by atoms with Gasteiger partial charge in [0.05, 0.1) is 20.6 Å². The summed E-state index contributed by atoms with van der Waals surface area (Å²) in [7, 11) is 2.17. The lowest BCUT2D eigenvalue weighted by molar-refractivity contribution is 0.242. The van der Waals surface area contributed by atoms with Crippen molar-refractivity contribution in [3.05, 3.63) is 51.3 Å². The highest BCUT2D eigenvalue weighted by Gasteiger charge is 2.43. The number of rotatable bonds is 3. The Hall–Kier alpha value is -0.700. The third-order valence-electron chi connectivity index (χ3n) is 4.12. The molecule has 0 N–H and O–H groups in total. The lowest BCUT2D eigenvalue weighted by Crippen LogP contribution is -2.49. The van der Waals surface area contributed by atoms with Crippen molar-refractivity contribution in [1.82, 2.24) is 0 Å². The molecular formula is C15H15Cl2NS. The smallest absolute Gasteiger partial charge is 0.0913 e. The van der Waals surface area contributed by atoms with Crippen LogP contribution in [-0.2, 0) is 5.54 Å². The molecular weight excluding hydrogens is 297 g/mol.